The van der Waals surface area contributed by atoms with Crippen LogP contribution in [0.3, 0.4) is 0 Å². The Kier molecular flexibility index (Phi) is 6.40. The molecule has 38 heavy (non-hydrogen) atoms. The van der Waals surface area contributed by atoms with Crippen LogP contribution < -0.4 is 4.74 Å². The number of nitrogens with zero attached hydrogens (tertiary/aromatic N) is 3. The van der Waals surface area contributed by atoms with Crippen LogP contribution in [-0.2, 0) is 13.2 Å². The van der Waals surface area contributed by atoms with Crippen molar-refractivity contribution >= 4 is 17.5 Å². The molecule has 0 aliphatic carbocycles. The van der Waals surface area contributed by atoms with Crippen molar-refractivity contribution in [1.29, 1.82) is 0 Å². The Hall–Kier alpha value is -4.42. The maximum absolute atomic E-state index is 13.6. The number of ether oxygens (including phenoxy) is 1. The number of pyridine rings is 1. The predicted molar refractivity (Wildman–Crippen MR) is 147 cm³/mol. The van der Waals surface area contributed by atoms with Crippen LogP contribution >= 0.6 is 11.6 Å². The highest BCUT2D eigenvalue weighted by atomic mass is 35.5. The first-order valence-electron chi connectivity index (χ1n) is 12.4. The van der Waals surface area contributed by atoms with Crippen molar-refractivity contribution in [3.05, 3.63) is 136 Å². The van der Waals surface area contributed by atoms with Gasteiger partial charge in [0, 0.05) is 40.7 Å². The minimum absolute atomic E-state index is 0.0771. The lowest BCUT2D eigenvalue weighted by molar-refractivity contribution is 0.0730. The van der Waals surface area contributed by atoms with E-state index in [2.05, 4.69) is 34.2 Å². The SMILES string of the molecule is Cc1ccc(-c2n[nH]c3c2C(c2ccc(OCc4ccccc4Cl)cc2)N(Cc2ccncc2)C3=O)cc1. The van der Waals surface area contributed by atoms with E-state index in [0.717, 1.165) is 39.3 Å². The van der Waals surface area contributed by atoms with Crippen LogP contribution in [0.15, 0.2) is 97.3 Å². The number of carbonyl (C=O) groups excluding carboxylic acids is 1. The fourth-order valence-electron chi connectivity index (χ4n) is 4.85. The molecule has 0 bridgehead atoms. The first-order valence-corrected chi connectivity index (χ1v) is 12.8. The van der Waals surface area contributed by atoms with Crippen LogP contribution in [0.25, 0.3) is 11.3 Å². The van der Waals surface area contributed by atoms with Gasteiger partial charge in [-0.05, 0) is 48.4 Å². The van der Waals surface area contributed by atoms with Gasteiger partial charge < -0.3 is 9.64 Å². The average molecular weight is 521 g/mol. The molecule has 7 heteroatoms. The minimum Gasteiger partial charge on any atom is -0.489 e. The summed E-state index contributed by atoms with van der Waals surface area (Å²) < 4.78 is 6.00. The van der Waals surface area contributed by atoms with E-state index in [1.165, 1.54) is 5.56 Å². The molecule has 1 aliphatic heterocycles. The van der Waals surface area contributed by atoms with Gasteiger partial charge in [0.05, 0.1) is 11.7 Å². The zero-order chi connectivity index (χ0) is 26.1. The number of rotatable bonds is 7. The largest absolute Gasteiger partial charge is 0.489 e. The van der Waals surface area contributed by atoms with Crippen LogP contribution in [0.1, 0.15) is 44.3 Å². The van der Waals surface area contributed by atoms with Crippen molar-refractivity contribution in [2.75, 3.05) is 0 Å². The average Bonchev–Trinajstić information content (AvgIpc) is 3.49. The number of fused-ring (bicyclic) bond motifs is 1. The molecule has 3 aromatic carbocycles. The molecule has 1 N–H and O–H groups in total. The van der Waals surface area contributed by atoms with Gasteiger partial charge in [0.1, 0.15) is 18.1 Å². The Bertz CT molecular complexity index is 1580. The molecule has 3 heterocycles. The molecule has 5 aromatic rings. The molecular formula is C31H25ClN4O2. The molecule has 6 rings (SSSR count). The summed E-state index contributed by atoms with van der Waals surface area (Å²) in [5.41, 5.74) is 7.25. The molecule has 1 atom stereocenters. The zero-order valence-corrected chi connectivity index (χ0v) is 21.5. The Morgan fingerprint density at radius 1 is 0.947 bits per heavy atom. The number of halogens is 1. The topological polar surface area (TPSA) is 71.1 Å². The van der Waals surface area contributed by atoms with Crippen molar-refractivity contribution in [2.45, 2.75) is 26.1 Å². The summed E-state index contributed by atoms with van der Waals surface area (Å²) in [5.74, 6) is 0.650. The maximum atomic E-state index is 13.6. The first kappa shape index (κ1) is 23.9. The van der Waals surface area contributed by atoms with Crippen molar-refractivity contribution < 1.29 is 9.53 Å². The third kappa shape index (κ3) is 4.55. The summed E-state index contributed by atoms with van der Waals surface area (Å²) in [6.07, 6.45) is 3.49. The fourth-order valence-corrected chi connectivity index (χ4v) is 5.04. The zero-order valence-electron chi connectivity index (χ0n) is 20.8. The minimum atomic E-state index is -0.307. The molecular weight excluding hydrogens is 496 g/mol. The smallest absolute Gasteiger partial charge is 0.273 e. The molecule has 0 radical (unpaired) electrons. The summed E-state index contributed by atoms with van der Waals surface area (Å²) in [7, 11) is 0. The van der Waals surface area contributed by atoms with Crippen LogP contribution in [0, 0.1) is 6.92 Å². The van der Waals surface area contributed by atoms with Gasteiger partial charge in [0.25, 0.3) is 5.91 Å². The molecule has 0 saturated carbocycles. The molecule has 6 nitrogen and oxygen atoms in total. The van der Waals surface area contributed by atoms with Gasteiger partial charge in [-0.1, -0.05) is 71.8 Å². The van der Waals surface area contributed by atoms with Crippen molar-refractivity contribution in [1.82, 2.24) is 20.1 Å². The Labute approximate surface area is 225 Å². The Morgan fingerprint density at radius 3 is 2.42 bits per heavy atom. The van der Waals surface area contributed by atoms with Gasteiger partial charge >= 0.3 is 0 Å². The lowest BCUT2D eigenvalue weighted by atomic mass is 9.95. The van der Waals surface area contributed by atoms with E-state index in [9.17, 15) is 4.79 Å². The van der Waals surface area contributed by atoms with E-state index in [-0.39, 0.29) is 11.9 Å². The number of hydrogen-bond acceptors (Lipinski definition) is 4. The van der Waals surface area contributed by atoms with E-state index >= 15 is 0 Å². The number of H-pyrrole nitrogens is 1. The molecule has 188 valence electrons. The monoisotopic (exact) mass is 520 g/mol. The summed E-state index contributed by atoms with van der Waals surface area (Å²) in [4.78, 5) is 19.6. The van der Waals surface area contributed by atoms with Crippen LogP contribution in [0.5, 0.6) is 5.75 Å². The molecule has 0 spiro atoms. The molecule has 1 aliphatic rings. The summed E-state index contributed by atoms with van der Waals surface area (Å²) in [6, 6.07) is 27.3. The normalized spacial score (nSPS) is 14.5. The quantitative estimate of drug-likeness (QED) is 0.257. The van der Waals surface area contributed by atoms with Crippen LogP contribution in [0.4, 0.5) is 0 Å². The van der Waals surface area contributed by atoms with Crippen molar-refractivity contribution in [2.24, 2.45) is 0 Å². The first-order chi connectivity index (χ1) is 18.6. The lowest BCUT2D eigenvalue weighted by Crippen LogP contribution is -2.29. The highest BCUT2D eigenvalue weighted by Crippen LogP contribution is 2.43. The summed E-state index contributed by atoms with van der Waals surface area (Å²) >= 11 is 6.28. The number of aromatic nitrogens is 3. The summed E-state index contributed by atoms with van der Waals surface area (Å²) in [5, 5.41) is 8.28. The van der Waals surface area contributed by atoms with E-state index in [1.807, 2.05) is 77.7 Å². The highest BCUT2D eigenvalue weighted by Gasteiger charge is 2.42. The van der Waals surface area contributed by atoms with E-state index in [0.29, 0.717) is 23.9 Å². The molecule has 1 unspecified atom stereocenters. The van der Waals surface area contributed by atoms with Crippen LogP contribution in [-0.4, -0.2) is 26.0 Å². The molecule has 0 saturated heterocycles. The number of amides is 1. The van der Waals surface area contributed by atoms with Crippen molar-refractivity contribution in [3.63, 3.8) is 0 Å². The maximum Gasteiger partial charge on any atom is 0.273 e. The second-order valence-corrected chi connectivity index (χ2v) is 9.77. The van der Waals surface area contributed by atoms with Gasteiger partial charge in [-0.3, -0.25) is 14.9 Å². The van der Waals surface area contributed by atoms with Crippen molar-refractivity contribution in [3.8, 4) is 17.0 Å². The molecule has 0 fully saturated rings. The second kappa shape index (κ2) is 10.1. The Morgan fingerprint density at radius 2 is 1.68 bits per heavy atom. The number of nitrogens with one attached hydrogen (secondary N) is 1. The van der Waals surface area contributed by atoms with E-state index < -0.39 is 0 Å². The molecule has 2 aromatic heterocycles. The molecule has 1 amide bonds. The van der Waals surface area contributed by atoms with Gasteiger partial charge in [-0.15, -0.1) is 0 Å². The van der Waals surface area contributed by atoms with Gasteiger partial charge in [0.15, 0.2) is 0 Å². The number of aryl methyl sites for hydroxylation is 1. The predicted octanol–water partition coefficient (Wildman–Crippen LogP) is 6.76. The number of benzene rings is 3. The highest BCUT2D eigenvalue weighted by molar-refractivity contribution is 6.31. The van der Waals surface area contributed by atoms with Crippen LogP contribution in [0.2, 0.25) is 5.02 Å². The third-order valence-corrected chi connectivity index (χ3v) is 7.21. The number of carbonyl (C=O) groups is 1. The standard InChI is InChI=1S/C31H25ClN4O2/c1-20-6-8-22(9-7-20)28-27-29(35-34-28)31(37)36(18-21-14-16-33-17-15-21)30(27)23-10-12-25(13-11-23)38-19-24-4-2-3-5-26(24)32/h2-17,30H,18-19H2,1H3,(H,34,35). The lowest BCUT2D eigenvalue weighted by Gasteiger charge is -2.26. The third-order valence-electron chi connectivity index (χ3n) is 6.84. The van der Waals surface area contributed by atoms with E-state index in [4.69, 9.17) is 16.3 Å². The summed E-state index contributed by atoms with van der Waals surface area (Å²) in [6.45, 7) is 2.88. The number of hydrogen-bond donors (Lipinski definition) is 1. The van der Waals surface area contributed by atoms with Gasteiger partial charge in [0.2, 0.25) is 0 Å². The van der Waals surface area contributed by atoms with Gasteiger partial charge in [-0.25, -0.2) is 0 Å². The Balaban J connectivity index is 1.35. The van der Waals surface area contributed by atoms with E-state index in [1.54, 1.807) is 12.4 Å². The number of aromatic amines is 1. The second-order valence-electron chi connectivity index (χ2n) is 9.37. The fraction of sp³-hybridized carbons (Fsp3) is 0.129. The van der Waals surface area contributed by atoms with Gasteiger partial charge in [-0.2, -0.15) is 5.10 Å².